The summed E-state index contributed by atoms with van der Waals surface area (Å²) in [4.78, 5) is 20.4. The van der Waals surface area contributed by atoms with Crippen molar-refractivity contribution in [2.45, 2.75) is 6.10 Å². The predicted octanol–water partition coefficient (Wildman–Crippen LogP) is 2.51. The van der Waals surface area contributed by atoms with Crippen molar-refractivity contribution in [3.8, 4) is 0 Å². The molecule has 1 aliphatic rings. The number of aldehydes is 1. The first-order chi connectivity index (χ1) is 9.36. The Balaban J connectivity index is 1.84. The van der Waals surface area contributed by atoms with Gasteiger partial charge in [0.25, 0.3) is 0 Å². The third-order valence-corrected chi connectivity index (χ3v) is 2.96. The molecule has 0 saturated carbocycles. The van der Waals surface area contributed by atoms with Gasteiger partial charge in [0.05, 0.1) is 11.4 Å². The summed E-state index contributed by atoms with van der Waals surface area (Å²) in [6, 6.07) is 13.0. The van der Waals surface area contributed by atoms with Crippen LogP contribution in [0.2, 0.25) is 0 Å². The van der Waals surface area contributed by atoms with Gasteiger partial charge >= 0.3 is 0 Å². The lowest BCUT2D eigenvalue weighted by atomic mass is 10.1. The van der Waals surface area contributed by atoms with Crippen molar-refractivity contribution in [2.24, 2.45) is 0 Å². The van der Waals surface area contributed by atoms with E-state index in [1.54, 1.807) is 18.3 Å². The second-order valence-corrected chi connectivity index (χ2v) is 4.22. The van der Waals surface area contributed by atoms with E-state index < -0.39 is 0 Å². The lowest BCUT2D eigenvalue weighted by Gasteiger charge is -2.07. The smallest absolute Gasteiger partial charge is 0.150 e. The standard InChI is InChI=1S/C15H12N2O2/c18-10-11-4-6-12(7-5-11)15-9-14(17-19-15)13-3-1-2-8-16-13/h1-10,15,17H. The van der Waals surface area contributed by atoms with Crippen molar-refractivity contribution in [3.05, 3.63) is 71.6 Å². The number of benzene rings is 1. The van der Waals surface area contributed by atoms with Crippen LogP contribution in [0.15, 0.2) is 54.7 Å². The molecule has 4 nitrogen and oxygen atoms in total. The molecule has 0 fully saturated rings. The van der Waals surface area contributed by atoms with E-state index in [0.29, 0.717) is 5.56 Å². The van der Waals surface area contributed by atoms with Gasteiger partial charge in [-0.05, 0) is 23.8 Å². The SMILES string of the molecule is O=Cc1ccc(C2C=C(c3ccccn3)NO2)cc1. The highest BCUT2D eigenvalue weighted by molar-refractivity contribution is 5.74. The molecule has 0 spiro atoms. The molecule has 1 aromatic carbocycles. The molecule has 2 heterocycles. The first-order valence-corrected chi connectivity index (χ1v) is 5.97. The monoisotopic (exact) mass is 252 g/mol. The summed E-state index contributed by atoms with van der Waals surface area (Å²) in [7, 11) is 0. The third-order valence-electron chi connectivity index (χ3n) is 2.96. The number of rotatable bonds is 3. The maximum atomic E-state index is 10.6. The van der Waals surface area contributed by atoms with E-state index in [4.69, 9.17) is 4.84 Å². The van der Waals surface area contributed by atoms with E-state index in [-0.39, 0.29) is 6.10 Å². The van der Waals surface area contributed by atoms with Gasteiger partial charge in [-0.3, -0.25) is 20.1 Å². The zero-order valence-corrected chi connectivity index (χ0v) is 10.1. The summed E-state index contributed by atoms with van der Waals surface area (Å²) in [6.45, 7) is 0. The fourth-order valence-electron chi connectivity index (χ4n) is 1.93. The molecule has 1 aliphatic heterocycles. The van der Waals surface area contributed by atoms with Crippen LogP contribution in [0.1, 0.15) is 27.7 Å². The average Bonchev–Trinajstić information content (AvgIpc) is 2.98. The van der Waals surface area contributed by atoms with Crippen LogP contribution in [-0.4, -0.2) is 11.3 Å². The third kappa shape index (κ3) is 2.39. The molecule has 1 atom stereocenters. The number of nitrogens with zero attached hydrogens (tertiary/aromatic N) is 1. The molecule has 0 bridgehead atoms. The van der Waals surface area contributed by atoms with E-state index in [9.17, 15) is 4.79 Å². The van der Waals surface area contributed by atoms with Crippen molar-refractivity contribution in [2.75, 3.05) is 0 Å². The van der Waals surface area contributed by atoms with Crippen LogP contribution in [-0.2, 0) is 4.84 Å². The van der Waals surface area contributed by atoms with Gasteiger partial charge < -0.3 is 0 Å². The van der Waals surface area contributed by atoms with Crippen molar-refractivity contribution < 1.29 is 9.63 Å². The summed E-state index contributed by atoms with van der Waals surface area (Å²) in [5.41, 5.74) is 6.22. The lowest BCUT2D eigenvalue weighted by Crippen LogP contribution is -2.08. The number of hydroxylamine groups is 1. The molecular formula is C15H12N2O2. The van der Waals surface area contributed by atoms with Crippen LogP contribution in [0.25, 0.3) is 5.70 Å². The Bertz CT molecular complexity index is 606. The van der Waals surface area contributed by atoms with E-state index in [0.717, 1.165) is 23.2 Å². The van der Waals surface area contributed by atoms with Crippen LogP contribution in [0.3, 0.4) is 0 Å². The molecular weight excluding hydrogens is 240 g/mol. The van der Waals surface area contributed by atoms with Crippen LogP contribution in [0.4, 0.5) is 0 Å². The number of pyridine rings is 1. The van der Waals surface area contributed by atoms with E-state index in [2.05, 4.69) is 10.5 Å². The quantitative estimate of drug-likeness (QED) is 0.853. The Kier molecular flexibility index (Phi) is 3.08. The minimum atomic E-state index is -0.169. The molecule has 1 unspecified atom stereocenters. The molecule has 3 rings (SSSR count). The molecule has 0 amide bonds. The fourth-order valence-corrected chi connectivity index (χ4v) is 1.93. The number of aromatic nitrogens is 1. The predicted molar refractivity (Wildman–Crippen MR) is 71.0 cm³/mol. The van der Waals surface area contributed by atoms with Gasteiger partial charge in [0.1, 0.15) is 12.4 Å². The van der Waals surface area contributed by atoms with Gasteiger partial charge in [-0.15, -0.1) is 0 Å². The second kappa shape index (κ2) is 5.04. The number of nitrogens with one attached hydrogen (secondary N) is 1. The summed E-state index contributed by atoms with van der Waals surface area (Å²) in [6.07, 6.45) is 4.37. The summed E-state index contributed by atoms with van der Waals surface area (Å²) in [5.74, 6) is 0. The summed E-state index contributed by atoms with van der Waals surface area (Å²) >= 11 is 0. The van der Waals surface area contributed by atoms with Crippen LogP contribution >= 0.6 is 0 Å². The molecule has 1 aromatic heterocycles. The zero-order valence-electron chi connectivity index (χ0n) is 10.1. The van der Waals surface area contributed by atoms with Crippen molar-refractivity contribution >= 4 is 12.0 Å². The number of hydrogen-bond donors (Lipinski definition) is 1. The maximum absolute atomic E-state index is 10.6. The summed E-state index contributed by atoms with van der Waals surface area (Å²) in [5, 5.41) is 0. The minimum absolute atomic E-state index is 0.169. The molecule has 4 heteroatoms. The molecule has 2 aromatic rings. The van der Waals surface area contributed by atoms with Gasteiger partial charge in [-0.25, -0.2) is 0 Å². The Labute approximate surface area is 110 Å². The molecule has 0 aliphatic carbocycles. The van der Waals surface area contributed by atoms with Gasteiger partial charge in [0.15, 0.2) is 0 Å². The highest BCUT2D eigenvalue weighted by Gasteiger charge is 2.19. The first kappa shape index (κ1) is 11.6. The largest absolute Gasteiger partial charge is 0.298 e. The normalized spacial score (nSPS) is 17.7. The Morgan fingerprint density at radius 2 is 2.00 bits per heavy atom. The molecule has 94 valence electrons. The van der Waals surface area contributed by atoms with E-state index in [1.807, 2.05) is 36.4 Å². The van der Waals surface area contributed by atoms with Crippen LogP contribution in [0, 0.1) is 0 Å². The molecule has 19 heavy (non-hydrogen) atoms. The Hall–Kier alpha value is -2.46. The average molecular weight is 252 g/mol. The summed E-state index contributed by atoms with van der Waals surface area (Å²) < 4.78 is 0. The number of carbonyl (C=O) groups excluding carboxylic acids is 1. The fraction of sp³-hybridized carbons (Fsp3) is 0.0667. The highest BCUT2D eigenvalue weighted by atomic mass is 16.7. The van der Waals surface area contributed by atoms with Crippen molar-refractivity contribution in [3.63, 3.8) is 0 Å². The topological polar surface area (TPSA) is 51.2 Å². The van der Waals surface area contributed by atoms with E-state index >= 15 is 0 Å². The minimum Gasteiger partial charge on any atom is -0.298 e. The van der Waals surface area contributed by atoms with Crippen LogP contribution < -0.4 is 5.48 Å². The van der Waals surface area contributed by atoms with Crippen molar-refractivity contribution in [1.82, 2.24) is 10.5 Å². The molecule has 0 radical (unpaired) electrons. The Morgan fingerprint density at radius 3 is 2.68 bits per heavy atom. The van der Waals surface area contributed by atoms with E-state index in [1.165, 1.54) is 0 Å². The van der Waals surface area contributed by atoms with Gasteiger partial charge in [0, 0.05) is 11.8 Å². The second-order valence-electron chi connectivity index (χ2n) is 4.22. The molecule has 0 saturated heterocycles. The lowest BCUT2D eigenvalue weighted by molar-refractivity contribution is 0.0510. The van der Waals surface area contributed by atoms with Gasteiger partial charge in [-0.1, -0.05) is 30.3 Å². The van der Waals surface area contributed by atoms with Crippen LogP contribution in [0.5, 0.6) is 0 Å². The van der Waals surface area contributed by atoms with Gasteiger partial charge in [-0.2, -0.15) is 0 Å². The zero-order chi connectivity index (χ0) is 13.1. The number of hydrogen-bond acceptors (Lipinski definition) is 4. The number of carbonyl (C=O) groups is 1. The first-order valence-electron chi connectivity index (χ1n) is 5.97. The van der Waals surface area contributed by atoms with Gasteiger partial charge in [0.2, 0.25) is 0 Å². The van der Waals surface area contributed by atoms with Crippen molar-refractivity contribution in [1.29, 1.82) is 0 Å². The Morgan fingerprint density at radius 1 is 1.16 bits per heavy atom. The molecule has 1 N–H and O–H groups in total. The maximum Gasteiger partial charge on any atom is 0.150 e. The highest BCUT2D eigenvalue weighted by Crippen LogP contribution is 2.27.